The van der Waals surface area contributed by atoms with Crippen LogP contribution in [0.25, 0.3) is 0 Å². The molecular weight excluding hydrogens is 380 g/mol. The van der Waals surface area contributed by atoms with Crippen LogP contribution in [-0.2, 0) is 11.3 Å². The van der Waals surface area contributed by atoms with Crippen LogP contribution in [0.3, 0.4) is 0 Å². The van der Waals surface area contributed by atoms with Crippen LogP contribution in [0.5, 0.6) is 0 Å². The fraction of sp³-hybridized carbons (Fsp3) is 0.500. The summed E-state index contributed by atoms with van der Waals surface area (Å²) in [6, 6.07) is 0. The molecule has 0 spiro atoms. The third kappa shape index (κ3) is 4.13. The van der Waals surface area contributed by atoms with Gasteiger partial charge in [-0.05, 0) is 38.5 Å². The zero-order valence-electron chi connectivity index (χ0n) is 6.68. The van der Waals surface area contributed by atoms with Crippen molar-refractivity contribution in [3.05, 3.63) is 14.4 Å². The molecule has 0 bridgehead atoms. The molecule has 0 amide bonds. The van der Waals surface area contributed by atoms with Crippen molar-refractivity contribution in [3.8, 4) is 0 Å². The smallest absolute Gasteiger partial charge is 0.290 e. The SMILES string of the molecule is FC(F)(F)OCCn1cc(Br)c(I)n1. The van der Waals surface area contributed by atoms with Gasteiger partial charge in [0.1, 0.15) is 3.70 Å². The highest BCUT2D eigenvalue weighted by molar-refractivity contribution is 14.1. The lowest BCUT2D eigenvalue weighted by atomic mass is 10.7. The number of aromatic nitrogens is 2. The van der Waals surface area contributed by atoms with Gasteiger partial charge in [-0.1, -0.05) is 0 Å². The fourth-order valence-corrected chi connectivity index (χ4v) is 1.47. The predicted molar refractivity (Wildman–Crippen MR) is 54.7 cm³/mol. The average molecular weight is 385 g/mol. The van der Waals surface area contributed by atoms with E-state index in [1.165, 1.54) is 4.68 Å². The van der Waals surface area contributed by atoms with Crippen molar-refractivity contribution in [1.82, 2.24) is 9.78 Å². The second kappa shape index (κ2) is 4.79. The van der Waals surface area contributed by atoms with E-state index < -0.39 is 13.0 Å². The van der Waals surface area contributed by atoms with E-state index in [2.05, 4.69) is 25.8 Å². The standard InChI is InChI=1S/C6H5BrF3IN2O/c7-4-3-13(12-5(4)11)1-2-14-6(8,9)10/h3H,1-2H2. The van der Waals surface area contributed by atoms with Crippen LogP contribution in [0.2, 0.25) is 0 Å². The van der Waals surface area contributed by atoms with E-state index in [1.807, 2.05) is 22.6 Å². The Bertz CT molecular complexity index is 295. The second-order valence-corrected chi connectivity index (χ2v) is 4.20. The van der Waals surface area contributed by atoms with E-state index in [9.17, 15) is 13.2 Å². The summed E-state index contributed by atoms with van der Waals surface area (Å²) in [6.07, 6.45) is -2.97. The summed E-state index contributed by atoms with van der Waals surface area (Å²) in [5.41, 5.74) is 0. The molecule has 0 aliphatic rings. The number of hydrogen-bond donors (Lipinski definition) is 0. The molecule has 14 heavy (non-hydrogen) atoms. The summed E-state index contributed by atoms with van der Waals surface area (Å²) in [5.74, 6) is 0. The molecule has 1 aromatic rings. The third-order valence-corrected chi connectivity index (χ3v) is 3.38. The molecule has 0 atom stereocenters. The number of nitrogens with zero attached hydrogens (tertiary/aromatic N) is 2. The Morgan fingerprint density at radius 3 is 2.64 bits per heavy atom. The minimum Gasteiger partial charge on any atom is -0.290 e. The van der Waals surface area contributed by atoms with Crippen LogP contribution in [0.15, 0.2) is 10.7 Å². The van der Waals surface area contributed by atoms with Crippen molar-refractivity contribution in [2.24, 2.45) is 0 Å². The highest BCUT2D eigenvalue weighted by atomic mass is 127. The minimum atomic E-state index is -4.57. The topological polar surface area (TPSA) is 27.1 Å². The van der Waals surface area contributed by atoms with E-state index in [0.29, 0.717) is 3.70 Å². The molecule has 1 heterocycles. The summed E-state index contributed by atoms with van der Waals surface area (Å²) in [6.45, 7) is -0.366. The molecule has 80 valence electrons. The van der Waals surface area contributed by atoms with Gasteiger partial charge in [-0.25, -0.2) is 0 Å². The minimum absolute atomic E-state index is 0.0705. The van der Waals surface area contributed by atoms with Gasteiger partial charge in [0.05, 0.1) is 17.6 Å². The average Bonchev–Trinajstić information content (AvgIpc) is 2.28. The number of hydrogen-bond acceptors (Lipinski definition) is 2. The lowest BCUT2D eigenvalue weighted by Crippen LogP contribution is -2.17. The molecule has 0 N–H and O–H groups in total. The van der Waals surface area contributed by atoms with Gasteiger partial charge >= 0.3 is 6.36 Å². The zero-order chi connectivity index (χ0) is 10.8. The lowest BCUT2D eigenvalue weighted by molar-refractivity contribution is -0.325. The largest absolute Gasteiger partial charge is 0.522 e. The third-order valence-electron chi connectivity index (χ3n) is 1.26. The van der Waals surface area contributed by atoms with Crippen LogP contribution in [0.4, 0.5) is 13.2 Å². The van der Waals surface area contributed by atoms with Crippen molar-refractivity contribution in [1.29, 1.82) is 0 Å². The molecule has 8 heteroatoms. The van der Waals surface area contributed by atoms with Gasteiger partial charge in [-0.3, -0.25) is 9.42 Å². The number of rotatable bonds is 3. The van der Waals surface area contributed by atoms with Gasteiger partial charge < -0.3 is 0 Å². The number of alkyl halides is 3. The number of ether oxygens (including phenoxy) is 1. The molecule has 0 unspecified atom stereocenters. The van der Waals surface area contributed by atoms with Crippen LogP contribution in [-0.4, -0.2) is 22.7 Å². The Kier molecular flexibility index (Phi) is 4.19. The molecule has 0 aliphatic carbocycles. The van der Waals surface area contributed by atoms with Crippen LogP contribution in [0.1, 0.15) is 0 Å². The van der Waals surface area contributed by atoms with Crippen LogP contribution < -0.4 is 0 Å². The van der Waals surface area contributed by atoms with E-state index in [4.69, 9.17) is 0 Å². The molecule has 3 nitrogen and oxygen atoms in total. The molecule has 1 rings (SSSR count). The van der Waals surface area contributed by atoms with E-state index in [-0.39, 0.29) is 6.54 Å². The Morgan fingerprint density at radius 1 is 1.57 bits per heavy atom. The van der Waals surface area contributed by atoms with Crippen molar-refractivity contribution in [3.63, 3.8) is 0 Å². The Hall–Kier alpha value is 0.170. The summed E-state index contributed by atoms with van der Waals surface area (Å²) in [4.78, 5) is 0. The Labute approximate surface area is 99.9 Å². The summed E-state index contributed by atoms with van der Waals surface area (Å²) in [7, 11) is 0. The Balaban J connectivity index is 2.39. The van der Waals surface area contributed by atoms with Crippen LogP contribution >= 0.6 is 38.5 Å². The van der Waals surface area contributed by atoms with Crippen molar-refractivity contribution in [2.45, 2.75) is 12.9 Å². The lowest BCUT2D eigenvalue weighted by Gasteiger charge is -2.06. The normalized spacial score (nSPS) is 12.1. The molecule has 0 radical (unpaired) electrons. The maximum Gasteiger partial charge on any atom is 0.522 e. The number of halogens is 5. The van der Waals surface area contributed by atoms with Gasteiger partial charge in [0.25, 0.3) is 0 Å². The fourth-order valence-electron chi connectivity index (χ4n) is 0.743. The molecule has 0 saturated heterocycles. The molecule has 0 fully saturated rings. The van der Waals surface area contributed by atoms with Crippen LogP contribution in [0, 0.1) is 3.70 Å². The summed E-state index contributed by atoms with van der Waals surface area (Å²) < 4.78 is 41.2. The van der Waals surface area contributed by atoms with Crippen molar-refractivity contribution in [2.75, 3.05) is 6.61 Å². The first-order valence-corrected chi connectivity index (χ1v) is 5.35. The van der Waals surface area contributed by atoms with E-state index in [0.717, 1.165) is 4.47 Å². The van der Waals surface area contributed by atoms with Gasteiger partial charge in [0, 0.05) is 6.20 Å². The molecule has 0 aliphatic heterocycles. The van der Waals surface area contributed by atoms with Gasteiger partial charge in [0.15, 0.2) is 0 Å². The first kappa shape index (κ1) is 12.2. The maximum atomic E-state index is 11.6. The summed E-state index contributed by atoms with van der Waals surface area (Å²) in [5, 5.41) is 3.94. The van der Waals surface area contributed by atoms with Crippen molar-refractivity contribution >= 4 is 38.5 Å². The predicted octanol–water partition coefficient (Wildman–Crippen LogP) is 2.79. The van der Waals surface area contributed by atoms with Gasteiger partial charge in [-0.2, -0.15) is 5.10 Å². The first-order chi connectivity index (χ1) is 6.38. The maximum absolute atomic E-state index is 11.6. The molecule has 0 aromatic carbocycles. The highest BCUT2D eigenvalue weighted by Gasteiger charge is 2.28. The van der Waals surface area contributed by atoms with E-state index in [1.54, 1.807) is 6.20 Å². The van der Waals surface area contributed by atoms with Crippen molar-refractivity contribution < 1.29 is 17.9 Å². The zero-order valence-corrected chi connectivity index (χ0v) is 10.4. The van der Waals surface area contributed by atoms with Gasteiger partial charge in [0.2, 0.25) is 0 Å². The molecular formula is C6H5BrF3IN2O. The van der Waals surface area contributed by atoms with E-state index >= 15 is 0 Å². The quantitative estimate of drug-likeness (QED) is 0.749. The molecule has 0 saturated carbocycles. The monoisotopic (exact) mass is 384 g/mol. The highest BCUT2D eigenvalue weighted by Crippen LogP contribution is 2.18. The second-order valence-electron chi connectivity index (χ2n) is 2.33. The first-order valence-electron chi connectivity index (χ1n) is 3.47. The summed E-state index contributed by atoms with van der Waals surface area (Å²) >= 11 is 5.16. The Morgan fingerprint density at radius 2 is 2.21 bits per heavy atom. The van der Waals surface area contributed by atoms with Gasteiger partial charge in [-0.15, -0.1) is 13.2 Å². The molecule has 1 aromatic heterocycles.